The van der Waals surface area contributed by atoms with Crippen molar-refractivity contribution in [1.82, 2.24) is 19.6 Å². The Kier molecular flexibility index (Phi) is 2.63. The number of benzene rings is 2. The Morgan fingerprint density at radius 3 is 2.68 bits per heavy atom. The highest BCUT2D eigenvalue weighted by atomic mass is 16.7. The minimum Gasteiger partial charge on any atom is -0.454 e. The number of imidazole rings is 1. The van der Waals surface area contributed by atoms with Gasteiger partial charge in [-0.15, -0.1) is 0 Å². The summed E-state index contributed by atoms with van der Waals surface area (Å²) in [5.74, 6) is 2.28. The fraction of sp³-hybridized carbons (Fsp3) is 0.0667. The molecule has 3 heterocycles. The quantitative estimate of drug-likeness (QED) is 0.435. The van der Waals surface area contributed by atoms with Crippen molar-refractivity contribution in [3.05, 3.63) is 46.5 Å². The molecule has 0 unspecified atom stereocenters. The van der Waals surface area contributed by atoms with Crippen LogP contribution in [-0.4, -0.2) is 31.3 Å². The summed E-state index contributed by atoms with van der Waals surface area (Å²) in [7, 11) is 0. The zero-order chi connectivity index (χ0) is 17.0. The third-order valence-electron chi connectivity index (χ3n) is 3.90. The van der Waals surface area contributed by atoms with Gasteiger partial charge in [0.1, 0.15) is 0 Å². The summed E-state index contributed by atoms with van der Waals surface area (Å²) in [4.78, 5) is 19.1. The molecule has 1 aliphatic heterocycles. The number of nitrogens with zero attached hydrogens (tertiary/aromatic N) is 4. The molecular formula is C15H10N6O4. The highest BCUT2D eigenvalue weighted by Crippen LogP contribution is 2.36. The molecule has 2 aromatic carbocycles. The van der Waals surface area contributed by atoms with E-state index in [1.54, 1.807) is 16.6 Å². The second kappa shape index (κ2) is 4.84. The Morgan fingerprint density at radius 2 is 1.92 bits per heavy atom. The van der Waals surface area contributed by atoms with Gasteiger partial charge in [0.25, 0.3) is 11.5 Å². The van der Waals surface area contributed by atoms with Crippen molar-refractivity contribution in [3.8, 4) is 11.5 Å². The number of hydrogen-bond donors (Lipinski definition) is 2. The van der Waals surface area contributed by atoms with Gasteiger partial charge in [-0.25, -0.2) is 9.50 Å². The van der Waals surface area contributed by atoms with Crippen LogP contribution in [0.15, 0.2) is 36.4 Å². The number of H-pyrrole nitrogens is 1. The highest BCUT2D eigenvalue weighted by molar-refractivity contribution is 5.83. The average Bonchev–Trinajstić information content (AvgIpc) is 3.27. The fourth-order valence-corrected chi connectivity index (χ4v) is 2.73. The van der Waals surface area contributed by atoms with E-state index in [1.165, 1.54) is 12.1 Å². The van der Waals surface area contributed by atoms with Crippen molar-refractivity contribution >= 4 is 34.1 Å². The van der Waals surface area contributed by atoms with Crippen molar-refractivity contribution in [1.29, 1.82) is 0 Å². The minimum absolute atomic E-state index is 0.0295. The van der Waals surface area contributed by atoms with E-state index in [-0.39, 0.29) is 12.5 Å². The molecule has 0 aliphatic carbocycles. The first kappa shape index (κ1) is 13.6. The van der Waals surface area contributed by atoms with Crippen LogP contribution in [0.4, 0.5) is 17.3 Å². The molecule has 0 fully saturated rings. The second-order valence-corrected chi connectivity index (χ2v) is 5.44. The normalized spacial score (nSPS) is 12.8. The summed E-state index contributed by atoms with van der Waals surface area (Å²) in [5, 5.41) is 16.8. The van der Waals surface area contributed by atoms with Crippen LogP contribution in [0.2, 0.25) is 0 Å². The number of anilines is 2. The number of hydrogen-bond acceptors (Lipinski definition) is 7. The molecule has 10 heteroatoms. The van der Waals surface area contributed by atoms with Crippen LogP contribution in [0.25, 0.3) is 16.8 Å². The number of fused-ring (bicyclic) bond motifs is 4. The molecule has 25 heavy (non-hydrogen) atoms. The van der Waals surface area contributed by atoms with Crippen LogP contribution in [0.3, 0.4) is 0 Å². The van der Waals surface area contributed by atoms with E-state index in [0.29, 0.717) is 28.9 Å². The Morgan fingerprint density at radius 1 is 1.16 bits per heavy atom. The lowest BCUT2D eigenvalue weighted by atomic mass is 10.3. The van der Waals surface area contributed by atoms with E-state index in [0.717, 1.165) is 11.0 Å². The zero-order valence-corrected chi connectivity index (χ0v) is 12.6. The van der Waals surface area contributed by atoms with Crippen LogP contribution < -0.4 is 14.8 Å². The molecule has 2 N–H and O–H groups in total. The monoisotopic (exact) mass is 338 g/mol. The summed E-state index contributed by atoms with van der Waals surface area (Å²) in [6, 6.07) is 9.72. The summed E-state index contributed by atoms with van der Waals surface area (Å²) in [6.45, 7) is 0.200. The lowest BCUT2D eigenvalue weighted by molar-refractivity contribution is -0.384. The van der Waals surface area contributed by atoms with E-state index in [1.807, 2.05) is 12.1 Å². The molecule has 2 aromatic heterocycles. The number of nitro groups is 1. The first-order chi connectivity index (χ1) is 12.2. The van der Waals surface area contributed by atoms with Gasteiger partial charge in [0, 0.05) is 30.0 Å². The lowest BCUT2D eigenvalue weighted by Crippen LogP contribution is -1.94. The fourth-order valence-electron chi connectivity index (χ4n) is 2.73. The molecule has 10 nitrogen and oxygen atoms in total. The SMILES string of the molecule is O=[N+]([O-])c1ccc(Nc2nc3nc4cc5c(cc4n3[nH]2)OCO5)cc1. The zero-order valence-electron chi connectivity index (χ0n) is 12.6. The third kappa shape index (κ3) is 2.11. The minimum atomic E-state index is -0.443. The predicted molar refractivity (Wildman–Crippen MR) is 87.3 cm³/mol. The molecule has 0 radical (unpaired) electrons. The van der Waals surface area contributed by atoms with Crippen LogP contribution in [-0.2, 0) is 0 Å². The van der Waals surface area contributed by atoms with Crippen LogP contribution in [0, 0.1) is 10.1 Å². The van der Waals surface area contributed by atoms with Gasteiger partial charge in [0.05, 0.1) is 16.0 Å². The van der Waals surface area contributed by atoms with E-state index in [4.69, 9.17) is 9.47 Å². The third-order valence-corrected chi connectivity index (χ3v) is 3.90. The average molecular weight is 338 g/mol. The largest absolute Gasteiger partial charge is 0.454 e. The number of nitro benzene ring substituents is 1. The van der Waals surface area contributed by atoms with Crippen molar-refractivity contribution < 1.29 is 14.4 Å². The van der Waals surface area contributed by atoms with E-state index >= 15 is 0 Å². The Balaban J connectivity index is 1.51. The molecule has 4 aromatic rings. The maximum atomic E-state index is 10.7. The van der Waals surface area contributed by atoms with Crippen LogP contribution in [0.1, 0.15) is 0 Å². The van der Waals surface area contributed by atoms with Gasteiger partial charge in [-0.05, 0) is 12.1 Å². The number of aromatic amines is 1. The van der Waals surface area contributed by atoms with Gasteiger partial charge < -0.3 is 14.8 Å². The molecule has 5 rings (SSSR count). The Hall–Kier alpha value is -3.82. The standard InChI is InChI=1S/C15H10N6O4/c22-21(23)9-3-1-8(2-4-9)16-14-18-15-17-10-5-12-13(25-7-24-12)6-11(10)20(15)19-14/h1-6H,7H2,(H2,16,17,18,19). The van der Waals surface area contributed by atoms with Gasteiger partial charge in [0.15, 0.2) is 11.5 Å². The summed E-state index contributed by atoms with van der Waals surface area (Å²) >= 11 is 0. The van der Waals surface area contributed by atoms with Crippen LogP contribution >= 0.6 is 0 Å². The highest BCUT2D eigenvalue weighted by Gasteiger charge is 2.18. The number of rotatable bonds is 3. The van der Waals surface area contributed by atoms with Crippen molar-refractivity contribution in [2.45, 2.75) is 0 Å². The number of nitrogens with one attached hydrogen (secondary N) is 2. The Bertz CT molecular complexity index is 1130. The lowest BCUT2D eigenvalue weighted by Gasteiger charge is -2.01. The van der Waals surface area contributed by atoms with Gasteiger partial charge in [0.2, 0.25) is 12.7 Å². The molecule has 0 spiro atoms. The number of ether oxygens (including phenoxy) is 2. The van der Waals surface area contributed by atoms with E-state index < -0.39 is 4.92 Å². The van der Waals surface area contributed by atoms with Gasteiger partial charge in [-0.1, -0.05) is 0 Å². The smallest absolute Gasteiger partial charge is 0.269 e. The van der Waals surface area contributed by atoms with Gasteiger partial charge in [-0.3, -0.25) is 15.2 Å². The molecule has 0 amide bonds. The topological polar surface area (TPSA) is 120 Å². The first-order valence-corrected chi connectivity index (χ1v) is 7.37. The first-order valence-electron chi connectivity index (χ1n) is 7.37. The van der Waals surface area contributed by atoms with Crippen LogP contribution in [0.5, 0.6) is 11.5 Å². The summed E-state index contributed by atoms with van der Waals surface area (Å²) in [5.41, 5.74) is 2.25. The molecule has 0 saturated carbocycles. The van der Waals surface area contributed by atoms with Gasteiger partial charge in [-0.2, -0.15) is 4.98 Å². The number of non-ortho nitro benzene ring substituents is 1. The number of aromatic nitrogens is 4. The van der Waals surface area contributed by atoms with E-state index in [9.17, 15) is 10.1 Å². The Labute approximate surface area is 139 Å². The molecule has 0 atom stereocenters. The van der Waals surface area contributed by atoms with Crippen molar-refractivity contribution in [2.24, 2.45) is 0 Å². The van der Waals surface area contributed by atoms with E-state index in [2.05, 4.69) is 20.4 Å². The summed E-state index contributed by atoms with van der Waals surface area (Å²) < 4.78 is 12.5. The predicted octanol–water partition coefficient (Wildman–Crippen LogP) is 2.59. The second-order valence-electron chi connectivity index (χ2n) is 5.44. The molecule has 1 aliphatic rings. The van der Waals surface area contributed by atoms with Crippen molar-refractivity contribution in [3.63, 3.8) is 0 Å². The summed E-state index contributed by atoms with van der Waals surface area (Å²) in [6.07, 6.45) is 0. The molecular weight excluding hydrogens is 328 g/mol. The van der Waals surface area contributed by atoms with Gasteiger partial charge >= 0.3 is 0 Å². The molecule has 0 saturated heterocycles. The maximum Gasteiger partial charge on any atom is 0.269 e. The maximum absolute atomic E-state index is 10.7. The van der Waals surface area contributed by atoms with Crippen molar-refractivity contribution in [2.75, 3.05) is 12.1 Å². The molecule has 0 bridgehead atoms. The molecule has 124 valence electrons.